The van der Waals surface area contributed by atoms with E-state index in [4.69, 9.17) is 14.2 Å². The van der Waals surface area contributed by atoms with Crippen LogP contribution >= 0.6 is 0 Å². The molecule has 1 saturated carbocycles. The molecule has 0 aromatic heterocycles. The Balaban J connectivity index is 1.86. The molecule has 1 N–H and O–H groups in total. The summed E-state index contributed by atoms with van der Waals surface area (Å²) in [5.74, 6) is -2.70. The topological polar surface area (TPSA) is 99.1 Å². The fourth-order valence-corrected chi connectivity index (χ4v) is 4.99. The van der Waals surface area contributed by atoms with Gasteiger partial charge in [0.1, 0.15) is 18.8 Å². The number of aliphatic hydroxyl groups is 1. The third-order valence-corrected chi connectivity index (χ3v) is 7.34. The van der Waals surface area contributed by atoms with E-state index in [1.807, 2.05) is 13.0 Å². The Bertz CT molecular complexity index is 927. The van der Waals surface area contributed by atoms with E-state index in [-0.39, 0.29) is 5.92 Å². The van der Waals surface area contributed by atoms with Crippen molar-refractivity contribution in [3.8, 4) is 0 Å². The Labute approximate surface area is 188 Å². The van der Waals surface area contributed by atoms with Crippen molar-refractivity contribution in [2.45, 2.75) is 65.3 Å². The van der Waals surface area contributed by atoms with Crippen molar-refractivity contribution in [1.82, 2.24) is 0 Å². The second-order valence-electron chi connectivity index (χ2n) is 9.20. The van der Waals surface area contributed by atoms with Gasteiger partial charge in [0.15, 0.2) is 0 Å². The van der Waals surface area contributed by atoms with Crippen LogP contribution in [0.2, 0.25) is 0 Å². The van der Waals surface area contributed by atoms with E-state index < -0.39 is 53.7 Å². The molecule has 1 saturated heterocycles. The minimum absolute atomic E-state index is 0.346. The van der Waals surface area contributed by atoms with Gasteiger partial charge in [-0.05, 0) is 52.2 Å². The molecule has 7 nitrogen and oxygen atoms in total. The van der Waals surface area contributed by atoms with E-state index in [1.165, 1.54) is 0 Å². The van der Waals surface area contributed by atoms with Gasteiger partial charge in [0.2, 0.25) is 5.60 Å². The predicted molar refractivity (Wildman–Crippen MR) is 117 cm³/mol. The summed E-state index contributed by atoms with van der Waals surface area (Å²) >= 11 is 0. The van der Waals surface area contributed by atoms with Gasteiger partial charge in [0, 0.05) is 28.4 Å². The first-order valence-electron chi connectivity index (χ1n) is 10.9. The van der Waals surface area contributed by atoms with Crippen LogP contribution in [-0.2, 0) is 28.6 Å². The van der Waals surface area contributed by atoms with Crippen molar-refractivity contribution in [3.05, 3.63) is 47.6 Å². The van der Waals surface area contributed by atoms with E-state index >= 15 is 0 Å². The van der Waals surface area contributed by atoms with Gasteiger partial charge >= 0.3 is 17.9 Å². The van der Waals surface area contributed by atoms with Crippen LogP contribution in [0.5, 0.6) is 0 Å². The SMILES string of the molecule is C=C1C=C[C@@H](OC(=O)/C(C)=C\C)[C@@]2(C)CC[C@@H]3[C@@H](OC(=O)[C@@]3(O)COC(=O)/C(C)=C\C)[C@H]12. The van der Waals surface area contributed by atoms with Gasteiger partial charge in [-0.1, -0.05) is 31.7 Å². The molecule has 0 unspecified atom stereocenters. The van der Waals surface area contributed by atoms with E-state index in [2.05, 4.69) is 6.58 Å². The highest BCUT2D eigenvalue weighted by atomic mass is 16.6. The van der Waals surface area contributed by atoms with E-state index in [0.29, 0.717) is 24.0 Å². The summed E-state index contributed by atoms with van der Waals surface area (Å²) in [5.41, 5.74) is -0.835. The van der Waals surface area contributed by atoms with Crippen LogP contribution in [0.1, 0.15) is 47.5 Å². The first-order valence-corrected chi connectivity index (χ1v) is 10.9. The molecule has 2 fully saturated rings. The number of carbonyl (C=O) groups is 3. The predicted octanol–water partition coefficient (Wildman–Crippen LogP) is 3.19. The van der Waals surface area contributed by atoms with Crippen molar-refractivity contribution in [2.75, 3.05) is 6.61 Å². The Morgan fingerprint density at radius 2 is 1.88 bits per heavy atom. The summed E-state index contributed by atoms with van der Waals surface area (Å²) in [7, 11) is 0. The maximum Gasteiger partial charge on any atom is 0.342 e. The molecule has 3 rings (SSSR count). The lowest BCUT2D eigenvalue weighted by atomic mass is 9.55. The zero-order chi connectivity index (χ0) is 23.8. The maximum absolute atomic E-state index is 12.8. The minimum atomic E-state index is -1.93. The van der Waals surface area contributed by atoms with Crippen molar-refractivity contribution in [2.24, 2.45) is 17.3 Å². The molecule has 0 aromatic carbocycles. The number of hydrogen-bond donors (Lipinski definition) is 1. The second kappa shape index (κ2) is 8.70. The number of carbonyl (C=O) groups excluding carboxylic acids is 3. The summed E-state index contributed by atoms with van der Waals surface area (Å²) in [6, 6.07) is 0. The summed E-state index contributed by atoms with van der Waals surface area (Å²) in [6.07, 6.45) is 6.73. The van der Waals surface area contributed by atoms with Crippen LogP contribution < -0.4 is 0 Å². The summed E-state index contributed by atoms with van der Waals surface area (Å²) in [6.45, 7) is 12.4. The van der Waals surface area contributed by atoms with Crippen LogP contribution in [-0.4, -0.2) is 47.4 Å². The summed E-state index contributed by atoms with van der Waals surface area (Å²) < 4.78 is 16.7. The minimum Gasteiger partial charge on any atom is -0.459 e. The third-order valence-electron chi connectivity index (χ3n) is 7.34. The van der Waals surface area contributed by atoms with Gasteiger partial charge in [-0.2, -0.15) is 0 Å². The zero-order valence-electron chi connectivity index (χ0n) is 19.3. The molecule has 0 bridgehead atoms. The van der Waals surface area contributed by atoms with Gasteiger partial charge in [0.25, 0.3) is 0 Å². The Morgan fingerprint density at radius 1 is 1.25 bits per heavy atom. The van der Waals surface area contributed by atoms with Crippen LogP contribution in [0.4, 0.5) is 0 Å². The van der Waals surface area contributed by atoms with E-state index in [9.17, 15) is 19.5 Å². The summed E-state index contributed by atoms with van der Waals surface area (Å²) in [4.78, 5) is 37.3. The molecular formula is C25H32O7. The summed E-state index contributed by atoms with van der Waals surface area (Å²) in [5, 5.41) is 11.2. The molecule has 7 heteroatoms. The van der Waals surface area contributed by atoms with Crippen LogP contribution in [0.15, 0.2) is 47.6 Å². The lowest BCUT2D eigenvalue weighted by Crippen LogP contribution is -2.56. The normalized spacial score (nSPS) is 36.8. The number of ether oxygens (including phenoxy) is 3. The fourth-order valence-electron chi connectivity index (χ4n) is 4.99. The van der Waals surface area contributed by atoms with Crippen LogP contribution in [0, 0.1) is 17.3 Å². The van der Waals surface area contributed by atoms with Crippen molar-refractivity contribution < 1.29 is 33.7 Å². The highest BCUT2D eigenvalue weighted by Crippen LogP contribution is 2.57. The molecule has 0 radical (unpaired) electrons. The van der Waals surface area contributed by atoms with Gasteiger partial charge in [-0.3, -0.25) is 0 Å². The van der Waals surface area contributed by atoms with Gasteiger partial charge in [-0.25, -0.2) is 14.4 Å². The van der Waals surface area contributed by atoms with Crippen LogP contribution in [0.25, 0.3) is 0 Å². The molecule has 0 spiro atoms. The molecule has 1 heterocycles. The number of esters is 3. The fraction of sp³-hybridized carbons (Fsp3) is 0.560. The average molecular weight is 445 g/mol. The lowest BCUT2D eigenvalue weighted by molar-refractivity contribution is -0.165. The highest BCUT2D eigenvalue weighted by molar-refractivity contribution is 5.89. The molecule has 1 aliphatic heterocycles. The number of fused-ring (bicyclic) bond motifs is 3. The molecular weight excluding hydrogens is 412 g/mol. The smallest absolute Gasteiger partial charge is 0.342 e. The average Bonchev–Trinajstić information content (AvgIpc) is 3.02. The van der Waals surface area contributed by atoms with Gasteiger partial charge in [0.05, 0.1) is 0 Å². The van der Waals surface area contributed by atoms with Gasteiger partial charge < -0.3 is 19.3 Å². The molecule has 0 aromatic rings. The molecule has 174 valence electrons. The maximum atomic E-state index is 12.8. The van der Waals surface area contributed by atoms with Crippen LogP contribution in [0.3, 0.4) is 0 Å². The standard InChI is InChI=1S/C25H32O7/c1-7-14(3)21(26)30-13-25(29)17-11-12-24(6)18(31-22(27)15(4)8-2)10-9-16(5)19(24)20(17)32-23(25)28/h7-10,17-20,29H,5,11-13H2,1-4,6H3/b14-7-,15-8-/t17-,18-,19+,20-,24-,25-/m1/s1. The Kier molecular flexibility index (Phi) is 6.52. The van der Waals surface area contributed by atoms with Crippen molar-refractivity contribution in [3.63, 3.8) is 0 Å². The largest absolute Gasteiger partial charge is 0.459 e. The molecule has 2 aliphatic carbocycles. The Hall–Kier alpha value is -2.67. The Morgan fingerprint density at radius 3 is 2.50 bits per heavy atom. The first-order chi connectivity index (χ1) is 15.0. The van der Waals surface area contributed by atoms with E-state index in [1.54, 1.807) is 45.9 Å². The third kappa shape index (κ3) is 3.83. The quantitative estimate of drug-likeness (QED) is 0.395. The van der Waals surface area contributed by atoms with Crippen molar-refractivity contribution in [1.29, 1.82) is 0 Å². The molecule has 6 atom stereocenters. The monoisotopic (exact) mass is 444 g/mol. The highest BCUT2D eigenvalue weighted by Gasteiger charge is 2.66. The zero-order valence-corrected chi connectivity index (χ0v) is 19.3. The van der Waals surface area contributed by atoms with Crippen molar-refractivity contribution >= 4 is 17.9 Å². The van der Waals surface area contributed by atoms with Gasteiger partial charge in [-0.15, -0.1) is 0 Å². The molecule has 32 heavy (non-hydrogen) atoms. The molecule has 3 aliphatic rings. The lowest BCUT2D eigenvalue weighted by Gasteiger charge is -2.52. The molecule has 0 amide bonds. The number of rotatable bonds is 5. The number of hydrogen-bond acceptors (Lipinski definition) is 7. The first kappa shape index (κ1) is 24.0. The van der Waals surface area contributed by atoms with E-state index in [0.717, 1.165) is 5.57 Å². The second-order valence-corrected chi connectivity index (χ2v) is 9.20. The number of allylic oxidation sites excluding steroid dienone is 3.